The molecule has 0 fully saturated rings. The van der Waals surface area contributed by atoms with Gasteiger partial charge in [-0.1, -0.05) is 109 Å². The summed E-state index contributed by atoms with van der Waals surface area (Å²) in [6, 6.07) is 64.0. The number of fused-ring (bicyclic) bond motifs is 9. The molecular formula is C55H33N7S. The summed E-state index contributed by atoms with van der Waals surface area (Å²) >= 11 is 1.72. The first-order chi connectivity index (χ1) is 31.2. The minimum absolute atomic E-state index is 0.687. The maximum atomic E-state index is 5.23. The van der Waals surface area contributed by atoms with Crippen LogP contribution >= 0.6 is 11.3 Å². The van der Waals surface area contributed by atoms with Crippen LogP contribution in [-0.4, -0.2) is 34.1 Å². The van der Waals surface area contributed by atoms with Crippen LogP contribution in [0.5, 0.6) is 0 Å². The number of thiophene rings is 1. The molecule has 0 saturated heterocycles. The van der Waals surface area contributed by atoms with E-state index >= 15 is 0 Å². The van der Waals surface area contributed by atoms with Crippen molar-refractivity contribution in [3.63, 3.8) is 0 Å². The van der Waals surface area contributed by atoms with Gasteiger partial charge in [-0.25, -0.2) is 15.0 Å². The Kier molecular flexibility index (Phi) is 7.94. The third-order valence-corrected chi connectivity index (χ3v) is 13.2. The summed E-state index contributed by atoms with van der Waals surface area (Å²) in [4.78, 5) is 24.8. The normalized spacial score (nSPS) is 11.8. The first kappa shape index (κ1) is 35.4. The Balaban J connectivity index is 0.938. The molecule has 0 spiro atoms. The lowest BCUT2D eigenvalue weighted by Crippen LogP contribution is -2.02. The molecule has 0 amide bonds. The largest absolute Gasteiger partial charge is 0.308 e. The Labute approximate surface area is 364 Å². The van der Waals surface area contributed by atoms with E-state index in [4.69, 9.17) is 19.9 Å². The van der Waals surface area contributed by atoms with E-state index in [0.29, 0.717) is 5.82 Å². The Morgan fingerprint density at radius 1 is 0.381 bits per heavy atom. The molecule has 0 unspecified atom stereocenters. The van der Waals surface area contributed by atoms with Gasteiger partial charge in [-0.05, 0) is 77.9 Å². The van der Waals surface area contributed by atoms with Crippen LogP contribution in [0.3, 0.4) is 0 Å². The number of hydrogen-bond donors (Lipinski definition) is 0. The molecule has 0 bridgehead atoms. The van der Waals surface area contributed by atoms with E-state index in [1.54, 1.807) is 11.3 Å². The van der Waals surface area contributed by atoms with Crippen LogP contribution in [0.15, 0.2) is 201 Å². The number of benzene rings is 6. The van der Waals surface area contributed by atoms with E-state index in [1.807, 2.05) is 48.9 Å². The van der Waals surface area contributed by atoms with Crippen molar-refractivity contribution in [2.75, 3.05) is 0 Å². The van der Waals surface area contributed by atoms with Gasteiger partial charge in [-0.2, -0.15) is 0 Å². The van der Waals surface area contributed by atoms with Crippen LogP contribution in [0, 0.1) is 0 Å². The van der Waals surface area contributed by atoms with Gasteiger partial charge in [-0.3, -0.25) is 14.5 Å². The second-order valence-corrected chi connectivity index (χ2v) is 16.8. The van der Waals surface area contributed by atoms with Crippen molar-refractivity contribution in [2.45, 2.75) is 0 Å². The topological polar surface area (TPSA) is 74.3 Å². The molecule has 0 atom stereocenters. The summed E-state index contributed by atoms with van der Waals surface area (Å²) in [5.41, 5.74) is 14.2. The summed E-state index contributed by atoms with van der Waals surface area (Å²) in [6.07, 6.45) is 5.67. The molecule has 0 aliphatic carbocycles. The minimum atomic E-state index is 0.687. The minimum Gasteiger partial charge on any atom is -0.308 e. The number of rotatable bonds is 6. The van der Waals surface area contributed by atoms with Gasteiger partial charge in [0.15, 0.2) is 5.82 Å². The Morgan fingerprint density at radius 2 is 1.02 bits per heavy atom. The number of pyridine rings is 3. The van der Waals surface area contributed by atoms with Gasteiger partial charge < -0.3 is 4.57 Å². The molecule has 0 aliphatic rings. The van der Waals surface area contributed by atoms with Gasteiger partial charge in [0.25, 0.3) is 0 Å². The molecule has 13 rings (SSSR count). The van der Waals surface area contributed by atoms with Crippen molar-refractivity contribution in [1.82, 2.24) is 34.1 Å². The predicted octanol–water partition coefficient (Wildman–Crippen LogP) is 13.9. The lowest BCUT2D eigenvalue weighted by Gasteiger charge is -2.12. The van der Waals surface area contributed by atoms with Crippen molar-refractivity contribution >= 4 is 75.4 Å². The summed E-state index contributed by atoms with van der Waals surface area (Å²) in [5, 5.41) is 4.68. The summed E-state index contributed by atoms with van der Waals surface area (Å²) in [5.74, 6) is 1.51. The lowest BCUT2D eigenvalue weighted by atomic mass is 10.0. The van der Waals surface area contributed by atoms with Crippen LogP contribution in [-0.2, 0) is 0 Å². The summed E-state index contributed by atoms with van der Waals surface area (Å²) < 4.78 is 6.86. The van der Waals surface area contributed by atoms with Gasteiger partial charge in [0, 0.05) is 56.7 Å². The van der Waals surface area contributed by atoms with Gasteiger partial charge in [0.1, 0.15) is 16.9 Å². The second-order valence-electron chi connectivity index (χ2n) is 15.8. The third-order valence-electron chi connectivity index (χ3n) is 12.1. The smallest absolute Gasteiger partial charge is 0.162 e. The number of para-hydroxylation sites is 2. The SMILES string of the molecule is c1ccc(-c2cc(-n3c4ccccc4c4cc(-c5ccc6c(c5)c5ccccc5n6-c5cncc(-c6ccc7sc8cccnc8c7n6)c5)ccc43)nc(-c3ccccc3)n2)cc1. The molecule has 63 heavy (non-hydrogen) atoms. The zero-order valence-corrected chi connectivity index (χ0v) is 34.4. The van der Waals surface area contributed by atoms with E-state index in [-0.39, 0.29) is 0 Å². The van der Waals surface area contributed by atoms with Gasteiger partial charge in [0.2, 0.25) is 0 Å². The zero-order valence-electron chi connectivity index (χ0n) is 33.6. The van der Waals surface area contributed by atoms with E-state index in [2.05, 4.69) is 166 Å². The molecule has 13 aromatic rings. The molecule has 0 N–H and O–H groups in total. The molecule has 7 heterocycles. The van der Waals surface area contributed by atoms with E-state index < -0.39 is 0 Å². The monoisotopic (exact) mass is 823 g/mol. The Morgan fingerprint density at radius 3 is 1.76 bits per heavy atom. The molecule has 0 aliphatic heterocycles. The van der Waals surface area contributed by atoms with Crippen LogP contribution in [0.4, 0.5) is 0 Å². The summed E-state index contributed by atoms with van der Waals surface area (Å²) in [6.45, 7) is 0. The highest BCUT2D eigenvalue weighted by Gasteiger charge is 2.19. The Bertz CT molecular complexity index is 3870. The zero-order chi connectivity index (χ0) is 41.4. The van der Waals surface area contributed by atoms with Crippen LogP contribution in [0.2, 0.25) is 0 Å². The van der Waals surface area contributed by atoms with Crippen molar-refractivity contribution in [3.8, 4) is 56.5 Å². The molecule has 7 nitrogen and oxygen atoms in total. The highest BCUT2D eigenvalue weighted by atomic mass is 32.1. The Hall–Kier alpha value is -8.33. The molecule has 0 radical (unpaired) electrons. The fourth-order valence-electron chi connectivity index (χ4n) is 9.17. The summed E-state index contributed by atoms with van der Waals surface area (Å²) in [7, 11) is 0. The molecular weight excluding hydrogens is 791 g/mol. The molecule has 6 aromatic carbocycles. The molecule has 7 aromatic heterocycles. The standard InChI is InChI=1S/C55H33N7S/c1-3-12-34(13-4-1)45-31-52(60-55(59-45)35-14-5-2-6-15-35)62-47-19-10-8-17-41(47)43-30-37(22-25-49(43)62)36-21-24-48-42(29-36)40-16-7-9-18-46(40)61(48)39-28-38(32-56-33-39)44-23-26-51-54(58-44)53-50(63-51)20-11-27-57-53/h1-33H. The average molecular weight is 824 g/mol. The fraction of sp³-hybridized carbons (Fsp3) is 0. The van der Waals surface area contributed by atoms with Crippen LogP contribution in [0.25, 0.3) is 121 Å². The van der Waals surface area contributed by atoms with Gasteiger partial charge in [0.05, 0.1) is 54.7 Å². The highest BCUT2D eigenvalue weighted by Crippen LogP contribution is 2.40. The second kappa shape index (κ2) is 14.1. The molecule has 8 heteroatoms. The molecule has 0 saturated carbocycles. The van der Waals surface area contributed by atoms with E-state index in [1.165, 1.54) is 10.8 Å². The predicted molar refractivity (Wildman–Crippen MR) is 259 cm³/mol. The molecule has 294 valence electrons. The van der Waals surface area contributed by atoms with Gasteiger partial charge >= 0.3 is 0 Å². The number of aromatic nitrogens is 7. The van der Waals surface area contributed by atoms with Crippen LogP contribution < -0.4 is 0 Å². The third kappa shape index (κ3) is 5.76. The van der Waals surface area contributed by atoms with E-state index in [9.17, 15) is 0 Å². The first-order valence-electron chi connectivity index (χ1n) is 20.9. The van der Waals surface area contributed by atoms with Crippen LogP contribution in [0.1, 0.15) is 0 Å². The first-order valence-corrected chi connectivity index (χ1v) is 21.7. The number of hydrogen-bond acceptors (Lipinski definition) is 6. The quantitative estimate of drug-likeness (QED) is 0.167. The van der Waals surface area contributed by atoms with Gasteiger partial charge in [-0.15, -0.1) is 11.3 Å². The fourth-order valence-corrected chi connectivity index (χ4v) is 10.2. The van der Waals surface area contributed by atoms with Crippen molar-refractivity contribution in [3.05, 3.63) is 201 Å². The average Bonchev–Trinajstić information content (AvgIpc) is 4.01. The van der Waals surface area contributed by atoms with Crippen molar-refractivity contribution in [1.29, 1.82) is 0 Å². The lowest BCUT2D eigenvalue weighted by molar-refractivity contribution is 1.05. The number of nitrogens with zero attached hydrogens (tertiary/aromatic N) is 7. The maximum Gasteiger partial charge on any atom is 0.162 e. The van der Waals surface area contributed by atoms with Crippen molar-refractivity contribution < 1.29 is 0 Å². The van der Waals surface area contributed by atoms with Crippen molar-refractivity contribution in [2.24, 2.45) is 0 Å². The maximum absolute atomic E-state index is 5.23. The van der Waals surface area contributed by atoms with E-state index in [0.717, 1.165) is 104 Å². The highest BCUT2D eigenvalue weighted by molar-refractivity contribution is 7.25.